The summed E-state index contributed by atoms with van der Waals surface area (Å²) < 4.78 is 2.04. The van der Waals surface area contributed by atoms with Crippen molar-refractivity contribution in [2.75, 3.05) is 0 Å². The van der Waals surface area contributed by atoms with Crippen molar-refractivity contribution < 1.29 is 0 Å². The summed E-state index contributed by atoms with van der Waals surface area (Å²) in [7, 11) is 0. The molecule has 0 atom stereocenters. The number of aromatic nitrogens is 1. The number of halogens is 2. The van der Waals surface area contributed by atoms with E-state index in [1.807, 2.05) is 47.2 Å². The minimum Gasteiger partial charge on any atom is -0.343 e. The summed E-state index contributed by atoms with van der Waals surface area (Å²) in [6, 6.07) is 15.4. The Morgan fingerprint density at radius 3 is 2.70 bits per heavy atom. The molecule has 0 N–H and O–H groups in total. The van der Waals surface area contributed by atoms with Crippen molar-refractivity contribution in [1.82, 2.24) is 4.57 Å². The molecule has 98 valence electrons. The zero-order valence-corrected chi connectivity index (χ0v) is 12.0. The lowest BCUT2D eigenvalue weighted by molar-refractivity contribution is 0.834. The zero-order valence-electron chi connectivity index (χ0n) is 10.5. The van der Waals surface area contributed by atoms with Gasteiger partial charge in [0, 0.05) is 23.2 Å². The van der Waals surface area contributed by atoms with Crippen LogP contribution in [0, 0.1) is 11.3 Å². The Hall–Kier alpha value is -1.95. The van der Waals surface area contributed by atoms with Crippen molar-refractivity contribution in [2.24, 2.45) is 0 Å². The third kappa shape index (κ3) is 2.27. The van der Waals surface area contributed by atoms with Gasteiger partial charge in [-0.2, -0.15) is 5.26 Å². The molecule has 2 nitrogen and oxygen atoms in total. The molecule has 0 aliphatic carbocycles. The molecule has 3 rings (SSSR count). The highest BCUT2D eigenvalue weighted by molar-refractivity contribution is 6.38. The Morgan fingerprint density at radius 2 is 1.90 bits per heavy atom. The van der Waals surface area contributed by atoms with Crippen LogP contribution in [0.5, 0.6) is 0 Å². The van der Waals surface area contributed by atoms with Gasteiger partial charge in [0.25, 0.3) is 0 Å². The Balaban J connectivity index is 2.10. The quantitative estimate of drug-likeness (QED) is 0.664. The molecule has 4 heteroatoms. The monoisotopic (exact) mass is 300 g/mol. The van der Waals surface area contributed by atoms with Crippen molar-refractivity contribution in [3.63, 3.8) is 0 Å². The van der Waals surface area contributed by atoms with Crippen LogP contribution in [-0.4, -0.2) is 4.57 Å². The average molecular weight is 301 g/mol. The van der Waals surface area contributed by atoms with Crippen molar-refractivity contribution in [3.05, 3.63) is 69.8 Å². The van der Waals surface area contributed by atoms with Crippen LogP contribution in [0.25, 0.3) is 10.9 Å². The molecule has 0 radical (unpaired) electrons. The van der Waals surface area contributed by atoms with Crippen LogP contribution in [-0.2, 0) is 6.54 Å². The summed E-state index contributed by atoms with van der Waals surface area (Å²) >= 11 is 12.3. The van der Waals surface area contributed by atoms with E-state index in [1.165, 1.54) is 0 Å². The molecular weight excluding hydrogens is 291 g/mol. The highest BCUT2D eigenvalue weighted by Gasteiger charge is 2.08. The maximum Gasteiger partial charge on any atom is 0.0995 e. The van der Waals surface area contributed by atoms with Crippen molar-refractivity contribution in [2.45, 2.75) is 6.54 Å². The number of hydrogen-bond donors (Lipinski definition) is 0. The first-order valence-corrected chi connectivity index (χ1v) is 6.86. The van der Waals surface area contributed by atoms with E-state index in [1.54, 1.807) is 6.07 Å². The predicted molar refractivity (Wildman–Crippen MR) is 82.2 cm³/mol. The van der Waals surface area contributed by atoms with Crippen molar-refractivity contribution in [1.29, 1.82) is 5.26 Å². The highest BCUT2D eigenvalue weighted by atomic mass is 35.5. The number of hydrogen-bond acceptors (Lipinski definition) is 1. The molecule has 0 bridgehead atoms. The number of fused-ring (bicyclic) bond motifs is 1. The molecule has 0 fully saturated rings. The highest BCUT2D eigenvalue weighted by Crippen LogP contribution is 2.29. The van der Waals surface area contributed by atoms with Gasteiger partial charge in [-0.1, -0.05) is 41.4 Å². The number of benzene rings is 2. The molecule has 0 unspecified atom stereocenters. The third-order valence-corrected chi connectivity index (χ3v) is 3.81. The minimum absolute atomic E-state index is 0.607. The molecule has 0 aliphatic rings. The van der Waals surface area contributed by atoms with Gasteiger partial charge < -0.3 is 4.57 Å². The standard InChI is InChI=1S/C16H10Cl2N2/c17-13-7-15(18)14-5-6-20(16(14)8-13)10-12-4-2-1-3-11(12)9-19/h1-8H,10H2. The molecule has 1 aromatic heterocycles. The van der Waals surface area contributed by atoms with Crippen LogP contribution in [0.15, 0.2) is 48.7 Å². The second kappa shape index (κ2) is 5.20. The van der Waals surface area contributed by atoms with Gasteiger partial charge in [-0.3, -0.25) is 0 Å². The van der Waals surface area contributed by atoms with Gasteiger partial charge >= 0.3 is 0 Å². The summed E-state index contributed by atoms with van der Waals surface area (Å²) in [5, 5.41) is 11.4. The van der Waals surface area contributed by atoms with E-state index in [2.05, 4.69) is 6.07 Å². The van der Waals surface area contributed by atoms with E-state index in [0.717, 1.165) is 16.5 Å². The summed E-state index contributed by atoms with van der Waals surface area (Å²) in [6.07, 6.45) is 1.96. The van der Waals surface area contributed by atoms with Crippen molar-refractivity contribution >= 4 is 34.1 Å². The van der Waals surface area contributed by atoms with Gasteiger partial charge in [0.1, 0.15) is 0 Å². The van der Waals surface area contributed by atoms with Crippen LogP contribution in [0.2, 0.25) is 10.0 Å². The van der Waals surface area contributed by atoms with Gasteiger partial charge in [-0.25, -0.2) is 0 Å². The van der Waals surface area contributed by atoms with Crippen LogP contribution >= 0.6 is 23.2 Å². The molecule has 20 heavy (non-hydrogen) atoms. The molecule has 0 amide bonds. The van der Waals surface area contributed by atoms with E-state index >= 15 is 0 Å². The molecule has 0 saturated heterocycles. The fourth-order valence-electron chi connectivity index (χ4n) is 2.31. The van der Waals surface area contributed by atoms with Crippen molar-refractivity contribution in [3.8, 4) is 6.07 Å². The topological polar surface area (TPSA) is 28.7 Å². The summed E-state index contributed by atoms with van der Waals surface area (Å²) in [5.74, 6) is 0. The zero-order chi connectivity index (χ0) is 14.1. The largest absolute Gasteiger partial charge is 0.343 e. The lowest BCUT2D eigenvalue weighted by atomic mass is 10.1. The Kier molecular flexibility index (Phi) is 3.40. The lowest BCUT2D eigenvalue weighted by Crippen LogP contribution is -2.00. The minimum atomic E-state index is 0.607. The average Bonchev–Trinajstić information content (AvgIpc) is 2.83. The van der Waals surface area contributed by atoms with Gasteiger partial charge in [0.05, 0.1) is 22.2 Å². The third-order valence-electron chi connectivity index (χ3n) is 3.28. The van der Waals surface area contributed by atoms with E-state index in [4.69, 9.17) is 28.5 Å². The second-order valence-corrected chi connectivity index (χ2v) is 5.38. The molecule has 2 aromatic carbocycles. The Bertz CT molecular complexity index is 828. The van der Waals surface area contributed by atoms with Crippen LogP contribution in [0.3, 0.4) is 0 Å². The first-order chi connectivity index (χ1) is 9.69. The molecule has 3 aromatic rings. The van der Waals surface area contributed by atoms with E-state index in [9.17, 15) is 0 Å². The predicted octanol–water partition coefficient (Wildman–Crippen LogP) is 4.87. The fourth-order valence-corrected chi connectivity index (χ4v) is 2.85. The van der Waals surface area contributed by atoms with Crippen LogP contribution < -0.4 is 0 Å². The van der Waals surface area contributed by atoms with Crippen LogP contribution in [0.1, 0.15) is 11.1 Å². The summed E-state index contributed by atoms with van der Waals surface area (Å²) in [4.78, 5) is 0. The molecule has 0 spiro atoms. The Morgan fingerprint density at radius 1 is 1.10 bits per heavy atom. The normalized spacial score (nSPS) is 10.7. The van der Waals surface area contributed by atoms with Gasteiger partial charge in [-0.05, 0) is 29.8 Å². The van der Waals surface area contributed by atoms with E-state index < -0.39 is 0 Å². The Labute approximate surface area is 126 Å². The van der Waals surface area contributed by atoms with Gasteiger partial charge in [-0.15, -0.1) is 0 Å². The molecule has 0 aliphatic heterocycles. The molecule has 0 saturated carbocycles. The first kappa shape index (κ1) is 13.1. The number of rotatable bonds is 2. The number of nitriles is 1. The lowest BCUT2D eigenvalue weighted by Gasteiger charge is -2.08. The summed E-state index contributed by atoms with van der Waals surface area (Å²) in [6.45, 7) is 0.615. The SMILES string of the molecule is N#Cc1ccccc1Cn1ccc2c(Cl)cc(Cl)cc21. The molecule has 1 heterocycles. The second-order valence-electron chi connectivity index (χ2n) is 4.53. The molecular formula is C16H10Cl2N2. The maximum atomic E-state index is 9.15. The van der Waals surface area contributed by atoms with E-state index in [0.29, 0.717) is 22.2 Å². The van der Waals surface area contributed by atoms with Gasteiger partial charge in [0.2, 0.25) is 0 Å². The fraction of sp³-hybridized carbons (Fsp3) is 0.0625. The first-order valence-electron chi connectivity index (χ1n) is 6.11. The smallest absolute Gasteiger partial charge is 0.0995 e. The van der Waals surface area contributed by atoms with E-state index in [-0.39, 0.29) is 0 Å². The van der Waals surface area contributed by atoms with Crippen LogP contribution in [0.4, 0.5) is 0 Å². The van der Waals surface area contributed by atoms with Gasteiger partial charge in [0.15, 0.2) is 0 Å². The maximum absolute atomic E-state index is 9.15. The number of nitrogens with zero attached hydrogens (tertiary/aromatic N) is 2. The summed E-state index contributed by atoms with van der Waals surface area (Å²) in [5.41, 5.74) is 2.63.